The highest BCUT2D eigenvalue weighted by Gasteiger charge is 2.18. The Labute approximate surface area is 150 Å². The number of nitrogens with zero attached hydrogens (tertiary/aromatic N) is 2. The number of hydrogen-bond acceptors (Lipinski definition) is 3. The summed E-state index contributed by atoms with van der Waals surface area (Å²) in [5.74, 6) is 3.28. The topological polar surface area (TPSA) is 62.5 Å². The molecule has 0 radical (unpaired) electrons. The average Bonchev–Trinajstić information content (AvgIpc) is 2.78. The molecule has 22 heavy (non-hydrogen) atoms. The van der Waals surface area contributed by atoms with Crippen LogP contribution in [0.25, 0.3) is 0 Å². The molecule has 1 aromatic rings. The molecular weight excluding hydrogens is 391 g/mol. The summed E-state index contributed by atoms with van der Waals surface area (Å²) in [6, 6.07) is 0.534. The fraction of sp³-hybridized carbons (Fsp3) is 0.750. The van der Waals surface area contributed by atoms with Crippen LogP contribution in [0.5, 0.6) is 0 Å². The van der Waals surface area contributed by atoms with Gasteiger partial charge in [0, 0.05) is 12.6 Å². The van der Waals surface area contributed by atoms with E-state index in [2.05, 4.69) is 34.5 Å². The van der Waals surface area contributed by atoms with Crippen LogP contribution < -0.4 is 10.6 Å². The highest BCUT2D eigenvalue weighted by molar-refractivity contribution is 14.0. The van der Waals surface area contributed by atoms with E-state index in [1.54, 1.807) is 0 Å². The van der Waals surface area contributed by atoms with Gasteiger partial charge in [0.1, 0.15) is 12.3 Å². The Hall–Kier alpha value is -0.790. The van der Waals surface area contributed by atoms with Gasteiger partial charge >= 0.3 is 0 Å². The number of aromatic nitrogens is 1. The van der Waals surface area contributed by atoms with Gasteiger partial charge in [-0.15, -0.1) is 24.0 Å². The number of halogens is 1. The summed E-state index contributed by atoms with van der Waals surface area (Å²) in [6.45, 7) is 9.65. The lowest BCUT2D eigenvalue weighted by Gasteiger charge is -2.28. The Morgan fingerprint density at radius 2 is 1.95 bits per heavy atom. The maximum atomic E-state index is 5.57. The summed E-state index contributed by atoms with van der Waals surface area (Å²) in [7, 11) is 0. The predicted octanol–water partition coefficient (Wildman–Crippen LogP) is 3.54. The van der Waals surface area contributed by atoms with E-state index in [0.29, 0.717) is 18.5 Å². The van der Waals surface area contributed by atoms with Gasteiger partial charge in [-0.05, 0) is 52.4 Å². The molecule has 1 aliphatic rings. The Morgan fingerprint density at radius 1 is 1.27 bits per heavy atom. The van der Waals surface area contributed by atoms with Crippen molar-refractivity contribution in [3.8, 4) is 0 Å². The van der Waals surface area contributed by atoms with Crippen molar-refractivity contribution < 1.29 is 4.42 Å². The first-order chi connectivity index (χ1) is 10.1. The molecule has 0 aliphatic heterocycles. The number of hydrogen-bond donors (Lipinski definition) is 2. The molecule has 1 fully saturated rings. The third-order valence-corrected chi connectivity index (χ3v) is 4.15. The van der Waals surface area contributed by atoms with Gasteiger partial charge < -0.3 is 15.1 Å². The fourth-order valence-corrected chi connectivity index (χ4v) is 2.67. The molecule has 0 amide bonds. The van der Waals surface area contributed by atoms with Gasteiger partial charge in [0.15, 0.2) is 5.96 Å². The van der Waals surface area contributed by atoms with Crippen LogP contribution in [0.2, 0.25) is 0 Å². The Bertz CT molecular complexity index is 459. The van der Waals surface area contributed by atoms with Gasteiger partial charge in [-0.25, -0.2) is 9.98 Å². The summed E-state index contributed by atoms with van der Waals surface area (Å²) < 4.78 is 5.57. The molecule has 1 aliphatic carbocycles. The van der Waals surface area contributed by atoms with Crippen LogP contribution in [0.4, 0.5) is 0 Å². The smallest absolute Gasteiger partial charge is 0.216 e. The molecular formula is C16H29IN4O. The maximum Gasteiger partial charge on any atom is 0.216 e. The zero-order valence-corrected chi connectivity index (χ0v) is 16.4. The highest BCUT2D eigenvalue weighted by atomic mass is 127. The van der Waals surface area contributed by atoms with E-state index in [9.17, 15) is 0 Å². The summed E-state index contributed by atoms with van der Waals surface area (Å²) in [4.78, 5) is 8.96. The van der Waals surface area contributed by atoms with Crippen molar-refractivity contribution in [3.63, 3.8) is 0 Å². The van der Waals surface area contributed by atoms with E-state index in [0.717, 1.165) is 29.9 Å². The molecule has 126 valence electrons. The lowest BCUT2D eigenvalue weighted by atomic mass is 9.87. The Morgan fingerprint density at radius 3 is 2.50 bits per heavy atom. The summed E-state index contributed by atoms with van der Waals surface area (Å²) in [5.41, 5.74) is 0.944. The van der Waals surface area contributed by atoms with Crippen molar-refractivity contribution in [1.29, 1.82) is 0 Å². The molecule has 0 atom stereocenters. The quantitative estimate of drug-likeness (QED) is 0.445. The van der Waals surface area contributed by atoms with Crippen molar-refractivity contribution in [2.24, 2.45) is 10.9 Å². The molecule has 0 spiro atoms. The van der Waals surface area contributed by atoms with E-state index in [4.69, 9.17) is 4.42 Å². The minimum Gasteiger partial charge on any atom is -0.444 e. The first-order valence-corrected chi connectivity index (χ1v) is 8.06. The second kappa shape index (κ2) is 9.37. The third kappa shape index (κ3) is 5.78. The van der Waals surface area contributed by atoms with Crippen LogP contribution in [-0.4, -0.2) is 23.5 Å². The lowest BCUT2D eigenvalue weighted by molar-refractivity contribution is 0.329. The molecule has 1 saturated carbocycles. The molecule has 1 heterocycles. The van der Waals surface area contributed by atoms with Crippen LogP contribution in [0, 0.1) is 19.8 Å². The van der Waals surface area contributed by atoms with Gasteiger partial charge in [0.25, 0.3) is 0 Å². The number of oxazole rings is 1. The van der Waals surface area contributed by atoms with Crippen molar-refractivity contribution in [1.82, 2.24) is 15.6 Å². The van der Waals surface area contributed by atoms with Gasteiger partial charge in [0.05, 0.1) is 5.69 Å². The normalized spacial score (nSPS) is 22.1. The van der Waals surface area contributed by atoms with Crippen LogP contribution in [-0.2, 0) is 6.54 Å². The molecule has 2 rings (SSSR count). The summed E-state index contributed by atoms with van der Waals surface area (Å²) in [6.07, 6.45) is 5.05. The van der Waals surface area contributed by atoms with E-state index in [-0.39, 0.29) is 24.0 Å². The van der Waals surface area contributed by atoms with Gasteiger partial charge in [-0.1, -0.05) is 6.92 Å². The largest absolute Gasteiger partial charge is 0.444 e. The molecule has 6 heteroatoms. The standard InChI is InChI=1S/C16H28N4O.HI/c1-5-17-16(20-14-8-6-11(2)7-9-14)18-10-15-19-12(3)13(4)21-15;/h11,14H,5-10H2,1-4H3,(H2,17,18,20);1H. The number of aryl methyl sites for hydroxylation is 2. The van der Waals surface area contributed by atoms with Crippen LogP contribution in [0.1, 0.15) is 56.9 Å². The minimum atomic E-state index is 0. The zero-order valence-electron chi connectivity index (χ0n) is 14.1. The Kier molecular flexibility index (Phi) is 8.20. The molecule has 0 aromatic carbocycles. The molecule has 0 bridgehead atoms. The van der Waals surface area contributed by atoms with Gasteiger partial charge in [-0.2, -0.15) is 0 Å². The minimum absolute atomic E-state index is 0. The second-order valence-electron chi connectivity index (χ2n) is 6.05. The molecule has 0 saturated heterocycles. The number of guanidine groups is 1. The SMILES string of the molecule is CCNC(=NCc1nc(C)c(C)o1)NC1CCC(C)CC1.I. The van der Waals surface area contributed by atoms with Crippen LogP contribution in [0.3, 0.4) is 0 Å². The van der Waals surface area contributed by atoms with E-state index < -0.39 is 0 Å². The molecule has 1 aromatic heterocycles. The number of aliphatic imine (C=N–C) groups is 1. The van der Waals surface area contributed by atoms with Crippen LogP contribution in [0.15, 0.2) is 9.41 Å². The maximum absolute atomic E-state index is 5.57. The zero-order chi connectivity index (χ0) is 15.2. The first kappa shape index (κ1) is 19.3. The predicted molar refractivity (Wildman–Crippen MR) is 101 cm³/mol. The molecule has 2 N–H and O–H groups in total. The van der Waals surface area contributed by atoms with Gasteiger partial charge in [-0.3, -0.25) is 0 Å². The van der Waals surface area contributed by atoms with Crippen molar-refractivity contribution in [3.05, 3.63) is 17.3 Å². The van der Waals surface area contributed by atoms with E-state index in [1.165, 1.54) is 25.7 Å². The second-order valence-corrected chi connectivity index (χ2v) is 6.05. The van der Waals surface area contributed by atoms with Gasteiger partial charge in [0.2, 0.25) is 5.89 Å². The lowest BCUT2D eigenvalue weighted by Crippen LogP contribution is -2.44. The third-order valence-electron chi connectivity index (χ3n) is 4.15. The number of rotatable bonds is 4. The fourth-order valence-electron chi connectivity index (χ4n) is 2.67. The molecule has 5 nitrogen and oxygen atoms in total. The highest BCUT2D eigenvalue weighted by Crippen LogP contribution is 2.23. The van der Waals surface area contributed by atoms with Crippen molar-refractivity contribution >= 4 is 29.9 Å². The van der Waals surface area contributed by atoms with E-state index >= 15 is 0 Å². The average molecular weight is 420 g/mol. The summed E-state index contributed by atoms with van der Waals surface area (Å²) in [5, 5.41) is 6.84. The number of nitrogens with one attached hydrogen (secondary N) is 2. The van der Waals surface area contributed by atoms with E-state index in [1.807, 2.05) is 13.8 Å². The Balaban J connectivity index is 0.00000242. The first-order valence-electron chi connectivity index (χ1n) is 8.06. The van der Waals surface area contributed by atoms with Crippen molar-refractivity contribution in [2.75, 3.05) is 6.54 Å². The molecule has 0 unspecified atom stereocenters. The monoisotopic (exact) mass is 420 g/mol. The summed E-state index contributed by atoms with van der Waals surface area (Å²) >= 11 is 0. The van der Waals surface area contributed by atoms with Crippen molar-refractivity contribution in [2.45, 2.75) is 66.0 Å². The van der Waals surface area contributed by atoms with Crippen LogP contribution >= 0.6 is 24.0 Å².